The van der Waals surface area contributed by atoms with Gasteiger partial charge in [0.2, 0.25) is 0 Å². The molecule has 10 heavy (non-hydrogen) atoms. The third-order valence-electron chi connectivity index (χ3n) is 1.74. The van der Waals surface area contributed by atoms with E-state index in [1.165, 1.54) is 0 Å². The van der Waals surface area contributed by atoms with E-state index in [0.29, 0.717) is 19.6 Å². The first-order valence-corrected chi connectivity index (χ1v) is 3.54. The first-order chi connectivity index (χ1) is 4.84. The molecule has 1 aliphatic rings. The van der Waals surface area contributed by atoms with Gasteiger partial charge in [-0.25, -0.2) is 5.01 Å². The van der Waals surface area contributed by atoms with Gasteiger partial charge >= 0.3 is 0 Å². The van der Waals surface area contributed by atoms with Gasteiger partial charge in [-0.2, -0.15) is 0 Å². The van der Waals surface area contributed by atoms with Crippen LogP contribution < -0.4 is 5.84 Å². The van der Waals surface area contributed by atoms with Crippen LogP contribution in [0, 0.1) is 0 Å². The average Bonchev–Trinajstić information content (AvgIpc) is 1.94. The molecule has 4 nitrogen and oxygen atoms in total. The largest absolute Gasteiger partial charge is 0.396 e. The van der Waals surface area contributed by atoms with Crippen molar-refractivity contribution in [1.29, 1.82) is 0 Å². The van der Waals surface area contributed by atoms with Crippen LogP contribution in [0.25, 0.3) is 0 Å². The predicted molar refractivity (Wildman–Crippen MR) is 37.2 cm³/mol. The molecule has 60 valence electrons. The van der Waals surface area contributed by atoms with Gasteiger partial charge in [-0.15, -0.1) is 0 Å². The number of rotatable bonds is 2. The van der Waals surface area contributed by atoms with Crippen LogP contribution in [0.5, 0.6) is 0 Å². The number of hydrazine groups is 1. The van der Waals surface area contributed by atoms with Crippen molar-refractivity contribution in [2.24, 2.45) is 5.84 Å². The van der Waals surface area contributed by atoms with Crippen LogP contribution in [-0.4, -0.2) is 42.5 Å². The lowest BCUT2D eigenvalue weighted by Crippen LogP contribution is -2.49. The molecule has 0 radical (unpaired) electrons. The van der Waals surface area contributed by atoms with Crippen LogP contribution in [0.3, 0.4) is 0 Å². The van der Waals surface area contributed by atoms with Crippen LogP contribution in [0.4, 0.5) is 0 Å². The van der Waals surface area contributed by atoms with Crippen molar-refractivity contribution in [1.82, 2.24) is 5.01 Å². The van der Waals surface area contributed by atoms with E-state index in [-0.39, 0.29) is 12.6 Å². The Morgan fingerprint density at radius 3 is 3.10 bits per heavy atom. The molecule has 4 heteroatoms. The zero-order valence-corrected chi connectivity index (χ0v) is 5.99. The maximum atomic E-state index is 8.60. The molecule has 0 bridgehead atoms. The summed E-state index contributed by atoms with van der Waals surface area (Å²) in [6.07, 6.45) is 0.705. The summed E-state index contributed by atoms with van der Waals surface area (Å²) < 4.78 is 5.17. The average molecular weight is 146 g/mol. The summed E-state index contributed by atoms with van der Waals surface area (Å²) >= 11 is 0. The van der Waals surface area contributed by atoms with E-state index >= 15 is 0 Å². The van der Waals surface area contributed by atoms with Crippen LogP contribution in [0.15, 0.2) is 0 Å². The van der Waals surface area contributed by atoms with Crippen molar-refractivity contribution in [3.63, 3.8) is 0 Å². The minimum atomic E-state index is 0.182. The van der Waals surface area contributed by atoms with Crippen molar-refractivity contribution in [2.75, 3.05) is 26.4 Å². The Balaban J connectivity index is 2.25. The monoisotopic (exact) mass is 146 g/mol. The first-order valence-electron chi connectivity index (χ1n) is 3.54. The van der Waals surface area contributed by atoms with Gasteiger partial charge in [-0.1, -0.05) is 0 Å². The van der Waals surface area contributed by atoms with Crippen molar-refractivity contribution in [3.8, 4) is 0 Å². The van der Waals surface area contributed by atoms with Crippen LogP contribution in [0.2, 0.25) is 0 Å². The number of hydrogen-bond acceptors (Lipinski definition) is 4. The van der Waals surface area contributed by atoms with Gasteiger partial charge in [-0.3, -0.25) is 5.84 Å². The lowest BCUT2D eigenvalue weighted by molar-refractivity contribution is -0.0160. The minimum Gasteiger partial charge on any atom is -0.396 e. The molecule has 0 spiro atoms. The maximum Gasteiger partial charge on any atom is 0.0637 e. The van der Waals surface area contributed by atoms with Crippen molar-refractivity contribution >= 4 is 0 Å². The highest BCUT2D eigenvalue weighted by Crippen LogP contribution is 2.04. The molecule has 1 fully saturated rings. The van der Waals surface area contributed by atoms with Gasteiger partial charge in [0.25, 0.3) is 0 Å². The lowest BCUT2D eigenvalue weighted by Gasteiger charge is -2.31. The second-order valence-corrected chi connectivity index (χ2v) is 2.48. The Hall–Kier alpha value is -0.160. The quantitative estimate of drug-likeness (QED) is 0.488. The molecule has 1 unspecified atom stereocenters. The van der Waals surface area contributed by atoms with Crippen LogP contribution >= 0.6 is 0 Å². The smallest absolute Gasteiger partial charge is 0.0637 e. The molecular weight excluding hydrogens is 132 g/mol. The first kappa shape index (κ1) is 7.94. The van der Waals surface area contributed by atoms with E-state index in [1.54, 1.807) is 5.01 Å². The SMILES string of the molecule is NN1CCOCC1CCO. The molecular formula is C6H14N2O2. The van der Waals surface area contributed by atoms with E-state index in [2.05, 4.69) is 0 Å². The van der Waals surface area contributed by atoms with Gasteiger partial charge < -0.3 is 9.84 Å². The molecule has 0 aromatic rings. The number of ether oxygens (including phenoxy) is 1. The molecule has 1 atom stereocenters. The topological polar surface area (TPSA) is 58.7 Å². The fourth-order valence-electron chi connectivity index (χ4n) is 1.07. The summed E-state index contributed by atoms with van der Waals surface area (Å²) in [5.41, 5.74) is 0. The number of nitrogens with zero attached hydrogens (tertiary/aromatic N) is 1. The normalized spacial score (nSPS) is 28.8. The molecule has 0 aliphatic carbocycles. The summed E-state index contributed by atoms with van der Waals surface area (Å²) in [7, 11) is 0. The number of aliphatic hydroxyl groups excluding tert-OH is 1. The Labute approximate surface area is 60.5 Å². The summed E-state index contributed by atoms with van der Waals surface area (Å²) in [6.45, 7) is 2.31. The zero-order chi connectivity index (χ0) is 7.40. The predicted octanol–water partition coefficient (Wildman–Crippen LogP) is -1.06. The van der Waals surface area contributed by atoms with E-state index in [9.17, 15) is 0 Å². The summed E-state index contributed by atoms with van der Waals surface area (Å²) in [5, 5.41) is 10.3. The summed E-state index contributed by atoms with van der Waals surface area (Å²) in [6, 6.07) is 0.207. The van der Waals surface area contributed by atoms with Gasteiger partial charge in [-0.05, 0) is 6.42 Å². The Morgan fingerprint density at radius 2 is 2.50 bits per heavy atom. The maximum absolute atomic E-state index is 8.60. The van der Waals surface area contributed by atoms with Gasteiger partial charge in [0.05, 0.1) is 13.2 Å². The Morgan fingerprint density at radius 1 is 1.70 bits per heavy atom. The molecule has 0 aromatic heterocycles. The molecule has 0 saturated carbocycles. The number of morpholine rings is 1. The fraction of sp³-hybridized carbons (Fsp3) is 1.00. The van der Waals surface area contributed by atoms with Crippen LogP contribution in [0.1, 0.15) is 6.42 Å². The number of hydrogen-bond donors (Lipinski definition) is 2. The van der Waals surface area contributed by atoms with Gasteiger partial charge in [0, 0.05) is 19.2 Å². The highest BCUT2D eigenvalue weighted by Gasteiger charge is 2.18. The molecule has 0 aromatic carbocycles. The molecule has 1 aliphatic heterocycles. The van der Waals surface area contributed by atoms with E-state index < -0.39 is 0 Å². The van der Waals surface area contributed by atoms with E-state index in [0.717, 1.165) is 6.54 Å². The van der Waals surface area contributed by atoms with Gasteiger partial charge in [0.15, 0.2) is 0 Å². The Bertz CT molecular complexity index is 97.7. The van der Waals surface area contributed by atoms with Crippen molar-refractivity contribution < 1.29 is 9.84 Å². The van der Waals surface area contributed by atoms with E-state index in [1.807, 2.05) is 0 Å². The minimum absolute atomic E-state index is 0.182. The summed E-state index contributed by atoms with van der Waals surface area (Å²) in [4.78, 5) is 0. The third-order valence-corrected chi connectivity index (χ3v) is 1.74. The van der Waals surface area contributed by atoms with Crippen LogP contribution in [-0.2, 0) is 4.74 Å². The standard InChI is InChI=1S/C6H14N2O2/c7-8-2-4-10-5-6(8)1-3-9/h6,9H,1-5,7H2. The second kappa shape index (κ2) is 3.88. The zero-order valence-electron chi connectivity index (χ0n) is 5.99. The second-order valence-electron chi connectivity index (χ2n) is 2.48. The van der Waals surface area contributed by atoms with E-state index in [4.69, 9.17) is 15.7 Å². The third kappa shape index (κ3) is 1.91. The highest BCUT2D eigenvalue weighted by atomic mass is 16.5. The highest BCUT2D eigenvalue weighted by molar-refractivity contribution is 4.69. The molecule has 1 heterocycles. The summed E-state index contributed by atoms with van der Waals surface area (Å²) in [5.74, 6) is 5.61. The Kier molecular flexibility index (Phi) is 3.08. The fourth-order valence-corrected chi connectivity index (χ4v) is 1.07. The number of nitrogens with two attached hydrogens (primary N) is 1. The number of aliphatic hydroxyl groups is 1. The molecule has 0 amide bonds. The molecule has 1 saturated heterocycles. The van der Waals surface area contributed by atoms with Crippen molar-refractivity contribution in [2.45, 2.75) is 12.5 Å². The van der Waals surface area contributed by atoms with Crippen molar-refractivity contribution in [3.05, 3.63) is 0 Å². The van der Waals surface area contributed by atoms with Gasteiger partial charge in [0.1, 0.15) is 0 Å². The lowest BCUT2D eigenvalue weighted by atomic mass is 10.2. The molecule has 3 N–H and O–H groups in total. The molecule has 1 rings (SSSR count).